The van der Waals surface area contributed by atoms with Crippen LogP contribution in [0.5, 0.6) is 0 Å². The summed E-state index contributed by atoms with van der Waals surface area (Å²) in [6.45, 7) is 5.62. The van der Waals surface area contributed by atoms with E-state index in [4.69, 9.17) is 0 Å². The first kappa shape index (κ1) is 20.9. The van der Waals surface area contributed by atoms with Crippen molar-refractivity contribution in [3.63, 3.8) is 0 Å². The molecule has 1 fully saturated rings. The molecule has 0 spiro atoms. The largest absolute Gasteiger partial charge is 0.338 e. The van der Waals surface area contributed by atoms with Gasteiger partial charge in [0.1, 0.15) is 22.8 Å². The van der Waals surface area contributed by atoms with Crippen LogP contribution in [0.1, 0.15) is 24.4 Å². The number of hydrogen-bond acceptors (Lipinski definition) is 7. The summed E-state index contributed by atoms with van der Waals surface area (Å²) in [6, 6.07) is -0.729. The molecule has 158 valence electrons. The fourth-order valence-corrected chi connectivity index (χ4v) is 4.98. The van der Waals surface area contributed by atoms with Crippen LogP contribution in [0.2, 0.25) is 0 Å². The van der Waals surface area contributed by atoms with Crippen LogP contribution in [0.15, 0.2) is 17.3 Å². The summed E-state index contributed by atoms with van der Waals surface area (Å²) >= 11 is 0. The fourth-order valence-electron chi connectivity index (χ4n) is 3.37. The third kappa shape index (κ3) is 3.62. The van der Waals surface area contributed by atoms with E-state index in [0.717, 1.165) is 6.20 Å². The first-order valence-electron chi connectivity index (χ1n) is 9.01. The van der Waals surface area contributed by atoms with E-state index < -0.39 is 21.0 Å². The van der Waals surface area contributed by atoms with Crippen molar-refractivity contribution in [3.05, 3.63) is 33.9 Å². The number of aromatic nitrogens is 4. The Hall–Kier alpha value is -2.80. The molecule has 0 aromatic carbocycles. The molecule has 3 rings (SSSR count). The highest BCUT2D eigenvalue weighted by atomic mass is 32.2. The Morgan fingerprint density at radius 3 is 2.24 bits per heavy atom. The molecule has 29 heavy (non-hydrogen) atoms. The van der Waals surface area contributed by atoms with Gasteiger partial charge in [-0.2, -0.15) is 14.5 Å². The maximum absolute atomic E-state index is 12.9. The van der Waals surface area contributed by atoms with Gasteiger partial charge >= 0.3 is 5.69 Å². The summed E-state index contributed by atoms with van der Waals surface area (Å²) in [5.74, 6) is -0.263. The molecule has 0 N–H and O–H groups in total. The van der Waals surface area contributed by atoms with Gasteiger partial charge in [-0.3, -0.25) is 24.3 Å². The maximum Gasteiger partial charge on any atom is 0.309 e. The van der Waals surface area contributed by atoms with Crippen LogP contribution < -0.4 is 0 Å². The molecule has 0 bridgehead atoms. The van der Waals surface area contributed by atoms with Gasteiger partial charge in [0.05, 0.1) is 16.8 Å². The summed E-state index contributed by atoms with van der Waals surface area (Å²) in [4.78, 5) is 25.0. The van der Waals surface area contributed by atoms with Crippen LogP contribution in [0.3, 0.4) is 0 Å². The number of carbonyl (C=O) groups is 1. The number of nitro groups is 1. The van der Waals surface area contributed by atoms with Crippen molar-refractivity contribution in [1.29, 1.82) is 0 Å². The summed E-state index contributed by atoms with van der Waals surface area (Å²) in [7, 11) is -2.01. The first-order chi connectivity index (χ1) is 13.6. The minimum absolute atomic E-state index is 0.146. The van der Waals surface area contributed by atoms with Gasteiger partial charge in [-0.05, 0) is 20.8 Å². The predicted molar refractivity (Wildman–Crippen MR) is 102 cm³/mol. The Balaban J connectivity index is 1.69. The molecule has 2 aromatic rings. The van der Waals surface area contributed by atoms with Gasteiger partial charge in [0.15, 0.2) is 0 Å². The molecule has 1 amide bonds. The Kier molecular flexibility index (Phi) is 5.45. The molecule has 12 nitrogen and oxygen atoms in total. The Labute approximate surface area is 167 Å². The molecule has 3 heterocycles. The van der Waals surface area contributed by atoms with Crippen LogP contribution in [-0.4, -0.2) is 74.2 Å². The lowest BCUT2D eigenvalue weighted by Crippen LogP contribution is -2.51. The Morgan fingerprint density at radius 1 is 1.14 bits per heavy atom. The number of nitrogens with zero attached hydrogens (tertiary/aromatic N) is 7. The standard InChI is InChI=1S/C16H23N7O5S/c1-11-14(23(25)26)9-18-22(11)13(3)16(24)20-5-7-21(8-6-20)29(27,28)15-10-17-19(4)12(15)2/h9-10,13H,5-8H2,1-4H3. The lowest BCUT2D eigenvalue weighted by Gasteiger charge is -2.35. The number of piperazine rings is 1. The van der Waals surface area contributed by atoms with E-state index in [1.807, 2.05) is 0 Å². The zero-order valence-corrected chi connectivity index (χ0v) is 17.5. The highest BCUT2D eigenvalue weighted by molar-refractivity contribution is 7.89. The normalized spacial score (nSPS) is 16.8. The first-order valence-corrected chi connectivity index (χ1v) is 10.5. The maximum atomic E-state index is 12.9. The third-order valence-electron chi connectivity index (χ3n) is 5.30. The van der Waals surface area contributed by atoms with Gasteiger partial charge in [-0.1, -0.05) is 0 Å². The molecule has 1 aliphatic heterocycles. The highest BCUT2D eigenvalue weighted by Gasteiger charge is 2.34. The van der Waals surface area contributed by atoms with Gasteiger partial charge < -0.3 is 4.90 Å². The minimum atomic E-state index is -3.69. The monoisotopic (exact) mass is 425 g/mol. The molecule has 1 atom stereocenters. The van der Waals surface area contributed by atoms with E-state index >= 15 is 0 Å². The van der Waals surface area contributed by atoms with E-state index in [0.29, 0.717) is 11.4 Å². The van der Waals surface area contributed by atoms with Gasteiger partial charge in [0, 0.05) is 33.2 Å². The number of amides is 1. The van der Waals surface area contributed by atoms with Gasteiger partial charge in [0.2, 0.25) is 15.9 Å². The van der Waals surface area contributed by atoms with Crippen molar-refractivity contribution in [2.75, 3.05) is 26.2 Å². The topological polar surface area (TPSA) is 136 Å². The second-order valence-electron chi connectivity index (χ2n) is 6.94. The van der Waals surface area contributed by atoms with Gasteiger partial charge in [0.25, 0.3) is 0 Å². The fraction of sp³-hybridized carbons (Fsp3) is 0.562. The SMILES string of the molecule is Cc1c(S(=O)(=O)N2CCN(C(=O)C(C)n3ncc([N+](=O)[O-])c3C)CC2)cnn1C. The average molecular weight is 425 g/mol. The average Bonchev–Trinajstić information content (AvgIpc) is 3.23. The van der Waals surface area contributed by atoms with Crippen LogP contribution >= 0.6 is 0 Å². The van der Waals surface area contributed by atoms with Crippen molar-refractivity contribution in [1.82, 2.24) is 28.8 Å². The quantitative estimate of drug-likeness (QED) is 0.494. The predicted octanol–water partition coefficient (Wildman–Crippen LogP) is 0.236. The zero-order valence-electron chi connectivity index (χ0n) is 16.6. The summed E-state index contributed by atoms with van der Waals surface area (Å²) in [5, 5.41) is 18.9. The van der Waals surface area contributed by atoms with Crippen molar-refractivity contribution >= 4 is 21.6 Å². The van der Waals surface area contributed by atoms with Crippen LogP contribution in [-0.2, 0) is 21.9 Å². The molecule has 2 aromatic heterocycles. The molecule has 1 unspecified atom stereocenters. The van der Waals surface area contributed by atoms with Crippen LogP contribution in [0.25, 0.3) is 0 Å². The smallest absolute Gasteiger partial charge is 0.309 e. The molecule has 0 aliphatic carbocycles. The van der Waals surface area contributed by atoms with Gasteiger partial charge in [-0.15, -0.1) is 0 Å². The molecule has 1 saturated heterocycles. The highest BCUT2D eigenvalue weighted by Crippen LogP contribution is 2.23. The third-order valence-corrected chi connectivity index (χ3v) is 7.30. The Morgan fingerprint density at radius 2 is 1.76 bits per heavy atom. The second kappa shape index (κ2) is 7.55. The van der Waals surface area contributed by atoms with E-state index in [1.54, 1.807) is 25.8 Å². The minimum Gasteiger partial charge on any atom is -0.338 e. The van der Waals surface area contributed by atoms with Crippen molar-refractivity contribution < 1.29 is 18.1 Å². The van der Waals surface area contributed by atoms with E-state index in [1.165, 1.54) is 26.8 Å². The van der Waals surface area contributed by atoms with Crippen LogP contribution in [0, 0.1) is 24.0 Å². The van der Waals surface area contributed by atoms with Crippen LogP contribution in [0.4, 0.5) is 5.69 Å². The molecule has 0 saturated carbocycles. The molecule has 13 heteroatoms. The number of sulfonamides is 1. The van der Waals surface area contributed by atoms with Crippen molar-refractivity contribution in [2.45, 2.75) is 31.7 Å². The van der Waals surface area contributed by atoms with Crippen molar-refractivity contribution in [2.24, 2.45) is 7.05 Å². The number of hydrogen-bond donors (Lipinski definition) is 0. The lowest BCUT2D eigenvalue weighted by molar-refractivity contribution is -0.385. The Bertz CT molecular complexity index is 1050. The number of carbonyl (C=O) groups excluding carboxylic acids is 1. The molecular formula is C16H23N7O5S. The summed E-state index contributed by atoms with van der Waals surface area (Å²) in [6.07, 6.45) is 2.46. The zero-order chi connectivity index (χ0) is 21.5. The van der Waals surface area contributed by atoms with E-state index in [-0.39, 0.29) is 42.7 Å². The van der Waals surface area contributed by atoms with Gasteiger partial charge in [-0.25, -0.2) is 8.42 Å². The molecular weight excluding hydrogens is 402 g/mol. The van der Waals surface area contributed by atoms with E-state index in [2.05, 4.69) is 10.2 Å². The summed E-state index contributed by atoms with van der Waals surface area (Å²) < 4.78 is 29.9. The number of rotatable bonds is 5. The second-order valence-corrected chi connectivity index (χ2v) is 8.85. The molecule has 0 radical (unpaired) electrons. The van der Waals surface area contributed by atoms with E-state index in [9.17, 15) is 23.3 Å². The lowest BCUT2D eigenvalue weighted by atomic mass is 10.2. The number of aryl methyl sites for hydroxylation is 1. The molecule has 1 aliphatic rings. The van der Waals surface area contributed by atoms with Crippen molar-refractivity contribution in [3.8, 4) is 0 Å². The summed E-state index contributed by atoms with van der Waals surface area (Å²) in [5.41, 5.74) is 0.699.